The fraction of sp³-hybridized carbons (Fsp3) is 0.625. The van der Waals surface area contributed by atoms with Gasteiger partial charge in [-0.3, -0.25) is 20.4 Å². The van der Waals surface area contributed by atoms with Gasteiger partial charge < -0.3 is 10.5 Å². The molecule has 0 aromatic rings. The second-order valence-electron chi connectivity index (χ2n) is 3.42. The number of hydrogen-bond donors (Lipinski definition) is 3. The molecule has 1 heterocycles. The summed E-state index contributed by atoms with van der Waals surface area (Å²) < 4.78 is 4.91. The van der Waals surface area contributed by atoms with E-state index in [2.05, 4.69) is 23.1 Å². The molecule has 1 fully saturated rings. The normalized spacial score (nSPS) is 24.5. The van der Waals surface area contributed by atoms with Crippen LogP contribution in [-0.2, 0) is 14.3 Å². The first-order chi connectivity index (χ1) is 6.99. The maximum absolute atomic E-state index is 11.3. The maximum atomic E-state index is 11.3. The quantitative estimate of drug-likeness (QED) is 0.327. The Kier molecular flexibility index (Phi) is 3.84. The van der Waals surface area contributed by atoms with Gasteiger partial charge in [-0.15, -0.1) is 0 Å². The van der Waals surface area contributed by atoms with E-state index in [1.165, 1.54) is 0 Å². The molecule has 0 radical (unpaired) electrons. The highest BCUT2D eigenvalue weighted by Crippen LogP contribution is 2.23. The van der Waals surface area contributed by atoms with Crippen LogP contribution in [-0.4, -0.2) is 23.1 Å². The van der Waals surface area contributed by atoms with Crippen molar-refractivity contribution in [3.63, 3.8) is 0 Å². The maximum Gasteiger partial charge on any atom is 0.309 e. The molecule has 1 saturated heterocycles. The van der Waals surface area contributed by atoms with Gasteiger partial charge in [0, 0.05) is 6.42 Å². The van der Waals surface area contributed by atoms with Crippen LogP contribution in [0.25, 0.3) is 0 Å². The number of cyclic esters (lactones) is 1. The summed E-state index contributed by atoms with van der Waals surface area (Å²) in [5, 5.41) is -0.0225. The third kappa shape index (κ3) is 3.70. The van der Waals surface area contributed by atoms with E-state index in [0.717, 1.165) is 0 Å². The Labute approximate surface area is 92.5 Å². The molecule has 0 aromatic heterocycles. The average molecular weight is 231 g/mol. The molecule has 1 aliphatic rings. The SMILES string of the molecule is C[C@@H]1C[C@@H](CC(=O)NNC(N)=S)C(=O)O1. The molecule has 0 bridgehead atoms. The minimum atomic E-state index is -0.367. The molecule has 15 heavy (non-hydrogen) atoms. The van der Waals surface area contributed by atoms with Crippen LogP contribution >= 0.6 is 12.2 Å². The van der Waals surface area contributed by atoms with Crippen molar-refractivity contribution in [2.24, 2.45) is 11.7 Å². The molecule has 1 amide bonds. The van der Waals surface area contributed by atoms with Crippen LogP contribution in [0.15, 0.2) is 0 Å². The molecule has 0 aliphatic carbocycles. The molecule has 1 aliphatic heterocycles. The van der Waals surface area contributed by atoms with Gasteiger partial charge in [0.15, 0.2) is 5.11 Å². The minimum absolute atomic E-state index is 0.0225. The van der Waals surface area contributed by atoms with Crippen molar-refractivity contribution in [1.82, 2.24) is 10.9 Å². The van der Waals surface area contributed by atoms with Gasteiger partial charge in [-0.05, 0) is 25.6 Å². The monoisotopic (exact) mass is 231 g/mol. The summed E-state index contributed by atoms with van der Waals surface area (Å²) in [4.78, 5) is 22.4. The van der Waals surface area contributed by atoms with Gasteiger partial charge in [0.05, 0.1) is 12.0 Å². The summed E-state index contributed by atoms with van der Waals surface area (Å²) in [5.41, 5.74) is 9.70. The van der Waals surface area contributed by atoms with Crippen molar-refractivity contribution in [1.29, 1.82) is 0 Å². The number of carbonyl (C=O) groups is 2. The van der Waals surface area contributed by atoms with E-state index < -0.39 is 0 Å². The van der Waals surface area contributed by atoms with Gasteiger partial charge in [0.1, 0.15) is 0 Å². The molecule has 4 N–H and O–H groups in total. The first kappa shape index (κ1) is 11.7. The number of thiocarbonyl (C=S) groups is 1. The van der Waals surface area contributed by atoms with Crippen molar-refractivity contribution in [3.05, 3.63) is 0 Å². The molecule has 2 atom stereocenters. The fourth-order valence-corrected chi connectivity index (χ4v) is 1.46. The molecule has 0 saturated carbocycles. The number of nitrogens with one attached hydrogen (secondary N) is 2. The average Bonchev–Trinajstić information content (AvgIpc) is 2.42. The van der Waals surface area contributed by atoms with E-state index in [-0.39, 0.29) is 35.4 Å². The zero-order chi connectivity index (χ0) is 11.4. The second kappa shape index (κ2) is 4.92. The summed E-state index contributed by atoms with van der Waals surface area (Å²) in [6, 6.07) is 0. The van der Waals surface area contributed by atoms with Gasteiger partial charge in [-0.1, -0.05) is 0 Å². The van der Waals surface area contributed by atoms with E-state index in [1.807, 2.05) is 0 Å². The number of amides is 1. The Morgan fingerprint density at radius 1 is 1.67 bits per heavy atom. The van der Waals surface area contributed by atoms with Crippen LogP contribution in [0.3, 0.4) is 0 Å². The van der Waals surface area contributed by atoms with Crippen LogP contribution in [0.1, 0.15) is 19.8 Å². The number of carbonyl (C=O) groups excluding carboxylic acids is 2. The Bertz CT molecular complexity index is 295. The van der Waals surface area contributed by atoms with Crippen molar-refractivity contribution >= 4 is 29.2 Å². The summed E-state index contributed by atoms with van der Waals surface area (Å²) in [5.74, 6) is -1.03. The highest BCUT2D eigenvalue weighted by Gasteiger charge is 2.33. The van der Waals surface area contributed by atoms with Crippen LogP contribution in [0.2, 0.25) is 0 Å². The van der Waals surface area contributed by atoms with Crippen LogP contribution in [0.4, 0.5) is 0 Å². The molecule has 84 valence electrons. The molecule has 0 aromatic carbocycles. The largest absolute Gasteiger partial charge is 0.462 e. The highest BCUT2D eigenvalue weighted by molar-refractivity contribution is 7.80. The Balaban J connectivity index is 2.32. The van der Waals surface area contributed by atoms with Gasteiger partial charge in [-0.25, -0.2) is 0 Å². The lowest BCUT2D eigenvalue weighted by Crippen LogP contribution is -2.45. The third-order valence-electron chi connectivity index (χ3n) is 2.02. The first-order valence-corrected chi connectivity index (χ1v) is 4.94. The van der Waals surface area contributed by atoms with Crippen LogP contribution in [0.5, 0.6) is 0 Å². The van der Waals surface area contributed by atoms with Crippen molar-refractivity contribution in [2.45, 2.75) is 25.9 Å². The van der Waals surface area contributed by atoms with E-state index in [1.54, 1.807) is 6.92 Å². The fourth-order valence-electron chi connectivity index (χ4n) is 1.41. The molecular formula is C8H13N3O3S. The van der Waals surface area contributed by atoms with Gasteiger partial charge in [-0.2, -0.15) is 0 Å². The van der Waals surface area contributed by atoms with Gasteiger partial charge in [0.2, 0.25) is 5.91 Å². The van der Waals surface area contributed by atoms with Gasteiger partial charge in [0.25, 0.3) is 0 Å². The molecule has 0 unspecified atom stereocenters. The Morgan fingerprint density at radius 2 is 2.33 bits per heavy atom. The molecule has 7 heteroatoms. The molecule has 6 nitrogen and oxygen atoms in total. The summed E-state index contributed by atoms with van der Waals surface area (Å²) >= 11 is 4.50. The lowest BCUT2D eigenvalue weighted by molar-refractivity contribution is -0.145. The minimum Gasteiger partial charge on any atom is -0.462 e. The number of nitrogens with two attached hydrogens (primary N) is 1. The van der Waals surface area contributed by atoms with E-state index in [0.29, 0.717) is 6.42 Å². The number of hydrogen-bond acceptors (Lipinski definition) is 4. The number of ether oxygens (including phenoxy) is 1. The Morgan fingerprint density at radius 3 is 2.80 bits per heavy atom. The molecule has 0 spiro atoms. The van der Waals surface area contributed by atoms with Crippen LogP contribution in [0, 0.1) is 5.92 Å². The van der Waals surface area contributed by atoms with Crippen LogP contribution < -0.4 is 16.6 Å². The van der Waals surface area contributed by atoms with Crippen molar-refractivity contribution in [2.75, 3.05) is 0 Å². The molecular weight excluding hydrogens is 218 g/mol. The zero-order valence-corrected chi connectivity index (χ0v) is 9.10. The summed E-state index contributed by atoms with van der Waals surface area (Å²) in [6.07, 6.45) is 0.539. The smallest absolute Gasteiger partial charge is 0.309 e. The summed E-state index contributed by atoms with van der Waals surface area (Å²) in [7, 11) is 0. The molecule has 1 rings (SSSR count). The zero-order valence-electron chi connectivity index (χ0n) is 8.28. The number of hydrazine groups is 1. The van der Waals surface area contributed by atoms with E-state index >= 15 is 0 Å². The second-order valence-corrected chi connectivity index (χ2v) is 3.86. The third-order valence-corrected chi connectivity index (χ3v) is 2.13. The predicted octanol–water partition coefficient (Wildman–Crippen LogP) is -0.807. The topological polar surface area (TPSA) is 93.5 Å². The standard InChI is InChI=1S/C8H13N3O3S/c1-4-2-5(7(13)14-4)3-6(12)10-11-8(9)15/h4-5H,2-3H2,1H3,(H,10,12)(H3,9,11,15)/t4-,5+/m1/s1. The lowest BCUT2D eigenvalue weighted by atomic mass is 10.0. The van der Waals surface area contributed by atoms with E-state index in [9.17, 15) is 9.59 Å². The number of rotatable bonds is 2. The Hall–Kier alpha value is -1.37. The van der Waals surface area contributed by atoms with Crippen molar-refractivity contribution in [3.8, 4) is 0 Å². The number of esters is 1. The predicted molar refractivity (Wildman–Crippen MR) is 56.3 cm³/mol. The first-order valence-electron chi connectivity index (χ1n) is 4.54. The van der Waals surface area contributed by atoms with E-state index in [4.69, 9.17) is 10.5 Å². The van der Waals surface area contributed by atoms with Gasteiger partial charge >= 0.3 is 5.97 Å². The highest BCUT2D eigenvalue weighted by atomic mass is 32.1. The lowest BCUT2D eigenvalue weighted by Gasteiger charge is -2.07. The van der Waals surface area contributed by atoms with Crippen molar-refractivity contribution < 1.29 is 14.3 Å². The summed E-state index contributed by atoms with van der Waals surface area (Å²) in [6.45, 7) is 1.79.